The molecule has 1 N–H and O–H groups in total. The molecule has 0 unspecified atom stereocenters. The van der Waals surface area contributed by atoms with Gasteiger partial charge in [-0.3, -0.25) is 24.5 Å². The first-order valence-corrected chi connectivity index (χ1v) is 9.48. The second-order valence-electron chi connectivity index (χ2n) is 6.96. The van der Waals surface area contributed by atoms with Crippen LogP contribution >= 0.6 is 0 Å². The highest BCUT2D eigenvalue weighted by Crippen LogP contribution is 2.29. The van der Waals surface area contributed by atoms with Gasteiger partial charge in [-0.2, -0.15) is 0 Å². The van der Waals surface area contributed by atoms with Gasteiger partial charge in [-0.05, 0) is 11.6 Å². The fourth-order valence-corrected chi connectivity index (χ4v) is 3.22. The molecule has 2 amide bonds. The number of hydrogen-bond donors (Lipinski definition) is 1. The molecule has 162 valence electrons. The molecule has 0 aliphatic carbocycles. The Hall–Kier alpha value is -3.95. The number of ether oxygens (including phenoxy) is 2. The largest absolute Gasteiger partial charge is 0.494 e. The maximum Gasteiger partial charge on any atom is 0.311 e. The van der Waals surface area contributed by atoms with Gasteiger partial charge in [-0.1, -0.05) is 30.3 Å². The number of rotatable bonds is 8. The lowest BCUT2D eigenvalue weighted by molar-refractivity contribution is -0.384. The molecule has 1 atom stereocenters. The summed E-state index contributed by atoms with van der Waals surface area (Å²) in [4.78, 5) is 48.5. The van der Waals surface area contributed by atoms with Crippen molar-refractivity contribution in [2.45, 2.75) is 13.0 Å². The van der Waals surface area contributed by atoms with Gasteiger partial charge < -0.3 is 19.7 Å². The predicted octanol–water partition coefficient (Wildman–Crippen LogP) is 2.13. The topological polar surface area (TPSA) is 128 Å². The third kappa shape index (κ3) is 5.56. The Bertz CT molecular complexity index is 994. The van der Waals surface area contributed by atoms with Crippen LogP contribution in [0.1, 0.15) is 12.0 Å². The molecule has 1 fully saturated rings. The second-order valence-corrected chi connectivity index (χ2v) is 6.96. The third-order valence-corrected chi connectivity index (χ3v) is 4.78. The van der Waals surface area contributed by atoms with Crippen LogP contribution in [0.4, 0.5) is 11.4 Å². The maximum absolute atomic E-state index is 12.3. The number of nitro benzene ring substituents is 1. The number of nitro groups is 1. The van der Waals surface area contributed by atoms with Crippen molar-refractivity contribution in [2.24, 2.45) is 5.92 Å². The number of anilines is 1. The summed E-state index contributed by atoms with van der Waals surface area (Å²) in [5.74, 6) is -1.95. The first-order chi connectivity index (χ1) is 14.9. The Morgan fingerprint density at radius 2 is 1.97 bits per heavy atom. The maximum atomic E-state index is 12.3. The Morgan fingerprint density at radius 1 is 1.23 bits per heavy atom. The zero-order chi connectivity index (χ0) is 22.4. The minimum Gasteiger partial charge on any atom is -0.494 e. The van der Waals surface area contributed by atoms with Gasteiger partial charge in [-0.25, -0.2) is 0 Å². The molecule has 3 rings (SSSR count). The van der Waals surface area contributed by atoms with Gasteiger partial charge in [0.1, 0.15) is 5.75 Å². The monoisotopic (exact) mass is 427 g/mol. The lowest BCUT2D eigenvalue weighted by atomic mass is 10.1. The summed E-state index contributed by atoms with van der Waals surface area (Å²) >= 11 is 0. The van der Waals surface area contributed by atoms with E-state index < -0.39 is 29.3 Å². The van der Waals surface area contributed by atoms with Crippen molar-refractivity contribution in [1.29, 1.82) is 0 Å². The van der Waals surface area contributed by atoms with Crippen LogP contribution in [0.5, 0.6) is 5.75 Å². The summed E-state index contributed by atoms with van der Waals surface area (Å²) in [6.45, 7) is 0.0799. The molecule has 0 spiro atoms. The Balaban J connectivity index is 1.51. The fourth-order valence-electron chi connectivity index (χ4n) is 3.22. The van der Waals surface area contributed by atoms with Crippen molar-refractivity contribution < 1.29 is 28.8 Å². The summed E-state index contributed by atoms with van der Waals surface area (Å²) in [6, 6.07) is 13.1. The van der Waals surface area contributed by atoms with E-state index >= 15 is 0 Å². The molecule has 2 aromatic rings. The molecular weight excluding hydrogens is 406 g/mol. The van der Waals surface area contributed by atoms with Gasteiger partial charge in [-0.15, -0.1) is 0 Å². The van der Waals surface area contributed by atoms with E-state index in [1.54, 1.807) is 4.90 Å². The fraction of sp³-hybridized carbons (Fsp3) is 0.286. The zero-order valence-corrected chi connectivity index (χ0v) is 16.8. The number of methoxy groups -OCH3 is 1. The van der Waals surface area contributed by atoms with Crippen molar-refractivity contribution in [3.8, 4) is 5.75 Å². The minimum absolute atomic E-state index is 0.0312. The standard InChI is InChI=1S/C21H21N3O7/c1-30-18-10-16(24(28)29)7-8-17(18)22-19(25)13-31-21(27)15-9-20(26)23(12-15)11-14-5-3-2-4-6-14/h2-8,10,15H,9,11-13H2,1H3,(H,22,25)/t15-/m0/s1. The van der Waals surface area contributed by atoms with E-state index in [1.807, 2.05) is 30.3 Å². The summed E-state index contributed by atoms with van der Waals surface area (Å²) in [5.41, 5.74) is 0.979. The van der Waals surface area contributed by atoms with Crippen LogP contribution in [0, 0.1) is 16.0 Å². The molecule has 1 heterocycles. The van der Waals surface area contributed by atoms with E-state index in [9.17, 15) is 24.5 Å². The van der Waals surface area contributed by atoms with Crippen molar-refractivity contribution in [3.63, 3.8) is 0 Å². The highest BCUT2D eigenvalue weighted by molar-refractivity contribution is 5.95. The van der Waals surface area contributed by atoms with Gasteiger partial charge in [0.25, 0.3) is 11.6 Å². The van der Waals surface area contributed by atoms with Crippen LogP contribution < -0.4 is 10.1 Å². The van der Waals surface area contributed by atoms with Crippen molar-refractivity contribution in [1.82, 2.24) is 4.90 Å². The smallest absolute Gasteiger partial charge is 0.311 e. The minimum atomic E-state index is -0.641. The number of hydrogen-bond acceptors (Lipinski definition) is 7. The Labute approximate surface area is 177 Å². The molecule has 10 heteroatoms. The van der Waals surface area contributed by atoms with Crippen LogP contribution in [0.25, 0.3) is 0 Å². The van der Waals surface area contributed by atoms with E-state index in [4.69, 9.17) is 9.47 Å². The molecule has 10 nitrogen and oxygen atoms in total. The van der Waals surface area contributed by atoms with Crippen LogP contribution in [0.2, 0.25) is 0 Å². The van der Waals surface area contributed by atoms with Gasteiger partial charge in [0.15, 0.2) is 6.61 Å². The van der Waals surface area contributed by atoms with Crippen molar-refractivity contribution in [2.75, 3.05) is 25.6 Å². The molecule has 0 radical (unpaired) electrons. The molecule has 1 saturated heterocycles. The normalized spacial score (nSPS) is 15.5. The molecule has 0 bridgehead atoms. The lowest BCUT2D eigenvalue weighted by Gasteiger charge is -2.16. The molecular formula is C21H21N3O7. The summed E-state index contributed by atoms with van der Waals surface area (Å²) < 4.78 is 10.1. The number of carbonyl (C=O) groups is 3. The number of non-ortho nitro benzene ring substituents is 1. The number of nitrogens with zero attached hydrogens (tertiary/aromatic N) is 2. The number of benzene rings is 2. The van der Waals surface area contributed by atoms with Gasteiger partial charge >= 0.3 is 5.97 Å². The van der Waals surface area contributed by atoms with Crippen LogP contribution in [-0.4, -0.2) is 47.9 Å². The van der Waals surface area contributed by atoms with E-state index in [0.29, 0.717) is 6.54 Å². The SMILES string of the molecule is COc1cc([N+](=O)[O-])ccc1NC(=O)COC(=O)[C@H]1CC(=O)N(Cc2ccccc2)C1. The molecule has 0 saturated carbocycles. The van der Waals surface area contributed by atoms with Crippen LogP contribution in [-0.2, 0) is 25.7 Å². The summed E-state index contributed by atoms with van der Waals surface area (Å²) in [7, 11) is 1.31. The predicted molar refractivity (Wildman–Crippen MR) is 109 cm³/mol. The number of carbonyl (C=O) groups excluding carboxylic acids is 3. The number of likely N-dealkylation sites (tertiary alicyclic amines) is 1. The molecule has 2 aromatic carbocycles. The molecule has 1 aliphatic heterocycles. The van der Waals surface area contributed by atoms with Gasteiger partial charge in [0.05, 0.1) is 29.7 Å². The van der Waals surface area contributed by atoms with Crippen LogP contribution in [0.3, 0.4) is 0 Å². The average Bonchev–Trinajstić information content (AvgIpc) is 3.13. The lowest BCUT2D eigenvalue weighted by Crippen LogP contribution is -2.28. The third-order valence-electron chi connectivity index (χ3n) is 4.78. The van der Waals surface area contributed by atoms with E-state index in [2.05, 4.69) is 5.32 Å². The number of amides is 2. The van der Waals surface area contributed by atoms with Gasteiger partial charge in [0.2, 0.25) is 5.91 Å². The Morgan fingerprint density at radius 3 is 2.65 bits per heavy atom. The number of esters is 1. The van der Waals surface area contributed by atoms with E-state index in [0.717, 1.165) is 5.56 Å². The summed E-state index contributed by atoms with van der Waals surface area (Å²) in [5, 5.41) is 13.3. The zero-order valence-electron chi connectivity index (χ0n) is 16.8. The first-order valence-electron chi connectivity index (χ1n) is 9.48. The molecule has 0 aromatic heterocycles. The van der Waals surface area contributed by atoms with Crippen LogP contribution in [0.15, 0.2) is 48.5 Å². The Kier molecular flexibility index (Phi) is 6.81. The van der Waals surface area contributed by atoms with Crippen molar-refractivity contribution in [3.05, 3.63) is 64.2 Å². The second kappa shape index (κ2) is 9.70. The molecule has 1 aliphatic rings. The highest BCUT2D eigenvalue weighted by Gasteiger charge is 2.35. The van der Waals surface area contributed by atoms with E-state index in [-0.39, 0.29) is 36.0 Å². The van der Waals surface area contributed by atoms with Gasteiger partial charge in [0, 0.05) is 25.6 Å². The summed E-state index contributed by atoms with van der Waals surface area (Å²) in [6.07, 6.45) is 0.0312. The first kappa shape index (κ1) is 21.8. The van der Waals surface area contributed by atoms with E-state index in [1.165, 1.54) is 25.3 Å². The molecule has 31 heavy (non-hydrogen) atoms. The highest BCUT2D eigenvalue weighted by atomic mass is 16.6. The average molecular weight is 427 g/mol. The number of nitrogens with one attached hydrogen (secondary N) is 1. The van der Waals surface area contributed by atoms with Crippen molar-refractivity contribution >= 4 is 29.2 Å². The quantitative estimate of drug-likeness (QED) is 0.388.